The van der Waals surface area contributed by atoms with Crippen molar-refractivity contribution in [3.05, 3.63) is 24.3 Å². The molecule has 0 bridgehead atoms. The summed E-state index contributed by atoms with van der Waals surface area (Å²) in [5.41, 5.74) is 0. The summed E-state index contributed by atoms with van der Waals surface area (Å²) >= 11 is 5.32. The van der Waals surface area contributed by atoms with Gasteiger partial charge in [0.25, 0.3) is 5.17 Å². The fourth-order valence-electron chi connectivity index (χ4n) is 6.45. The topological polar surface area (TPSA) is 118 Å². The number of carbonyl (C=O) groups excluding carboxylic acids is 2. The van der Waals surface area contributed by atoms with Crippen LogP contribution in [0.15, 0.2) is 24.3 Å². The predicted octanol–water partition coefficient (Wildman–Crippen LogP) is 10.7. The predicted molar refractivity (Wildman–Crippen MR) is 237 cm³/mol. The van der Waals surface area contributed by atoms with E-state index in [9.17, 15) is 19.8 Å². The molecule has 9 nitrogen and oxygen atoms in total. The Morgan fingerprint density at radius 2 is 0.982 bits per heavy atom. The zero-order chi connectivity index (χ0) is 41.0. The molecule has 0 fully saturated rings. The number of hydrogen-bond donors (Lipinski definition) is 3. The smallest absolute Gasteiger partial charge is 0.306 e. The van der Waals surface area contributed by atoms with Crippen molar-refractivity contribution in [2.45, 2.75) is 200 Å². The maximum atomic E-state index is 12.8. The van der Waals surface area contributed by atoms with Gasteiger partial charge < -0.3 is 29.7 Å². The Morgan fingerprint density at radius 3 is 1.43 bits per heavy atom. The average Bonchev–Trinajstić information content (AvgIpc) is 3.19. The number of thiocarbonyl (C=S) groups is 1. The highest BCUT2D eigenvalue weighted by Gasteiger charge is 2.18. The van der Waals surface area contributed by atoms with Crippen LogP contribution in [0.5, 0.6) is 0 Å². The first-order valence-electron chi connectivity index (χ1n) is 23.0. The number of allylic oxidation sites excluding steroid dienone is 4. The Bertz CT molecular complexity index is 942. The number of carbonyl (C=O) groups is 2. The molecule has 0 spiro atoms. The summed E-state index contributed by atoms with van der Waals surface area (Å²) in [7, 11) is 0. The third-order valence-corrected chi connectivity index (χ3v) is 10.2. The molecule has 0 amide bonds. The maximum Gasteiger partial charge on any atom is 0.306 e. The molecule has 0 aliphatic carbocycles. The standard InChI is InChI=1S/C46H86N2O7S/c1-3-5-7-9-11-13-15-17-19-21-23-25-27-29-31-33-44(51)54-42-43(41-47-46(56)53-40-37-48(35-38-49)36-39-50)55-45(52)34-32-30-28-26-24-22-20-18-16-14-12-10-8-6-4-2/h17-20,43,49-50H,3-16,21-42H2,1-2H3,(H,47,56). The van der Waals surface area contributed by atoms with Crippen LogP contribution in [0.1, 0.15) is 194 Å². The third-order valence-electron chi connectivity index (χ3n) is 9.96. The van der Waals surface area contributed by atoms with E-state index in [0.29, 0.717) is 32.5 Å². The first-order valence-corrected chi connectivity index (χ1v) is 23.4. The second-order valence-electron chi connectivity index (χ2n) is 15.3. The molecule has 0 saturated heterocycles. The fourth-order valence-corrected chi connectivity index (χ4v) is 6.62. The van der Waals surface area contributed by atoms with Gasteiger partial charge in [-0.15, -0.1) is 0 Å². The highest BCUT2D eigenvalue weighted by atomic mass is 32.1. The summed E-state index contributed by atoms with van der Waals surface area (Å²) < 4.78 is 16.9. The van der Waals surface area contributed by atoms with Gasteiger partial charge in [0.2, 0.25) is 0 Å². The van der Waals surface area contributed by atoms with Gasteiger partial charge in [-0.05, 0) is 76.4 Å². The first-order chi connectivity index (χ1) is 27.5. The minimum Gasteiger partial charge on any atom is -0.470 e. The number of esters is 2. The largest absolute Gasteiger partial charge is 0.470 e. The second-order valence-corrected chi connectivity index (χ2v) is 15.6. The van der Waals surface area contributed by atoms with Gasteiger partial charge in [0.1, 0.15) is 13.2 Å². The van der Waals surface area contributed by atoms with Gasteiger partial charge in [0.05, 0.1) is 19.8 Å². The Kier molecular flexibility index (Phi) is 42.5. The number of nitrogens with zero attached hydrogens (tertiary/aromatic N) is 1. The van der Waals surface area contributed by atoms with Crippen LogP contribution in [0, 0.1) is 0 Å². The number of aliphatic hydroxyl groups excluding tert-OH is 2. The van der Waals surface area contributed by atoms with E-state index >= 15 is 0 Å². The van der Waals surface area contributed by atoms with Crippen LogP contribution in [0.3, 0.4) is 0 Å². The van der Waals surface area contributed by atoms with Crippen molar-refractivity contribution >= 4 is 29.3 Å². The Balaban J connectivity index is 4.41. The lowest BCUT2D eigenvalue weighted by atomic mass is 10.1. The van der Waals surface area contributed by atoms with Gasteiger partial charge in [-0.25, -0.2) is 0 Å². The molecule has 0 aromatic rings. The zero-order valence-corrected chi connectivity index (χ0v) is 37.0. The molecule has 0 saturated carbocycles. The van der Waals surface area contributed by atoms with Crippen molar-refractivity contribution < 1.29 is 34.0 Å². The van der Waals surface area contributed by atoms with Gasteiger partial charge in [-0.2, -0.15) is 0 Å². The lowest BCUT2D eigenvalue weighted by molar-refractivity contribution is -0.158. The number of nitrogens with one attached hydrogen (secondary N) is 1. The summed E-state index contributed by atoms with van der Waals surface area (Å²) in [5.74, 6) is -0.592. The summed E-state index contributed by atoms with van der Waals surface area (Å²) in [6.45, 7) is 6.24. The lowest BCUT2D eigenvalue weighted by Crippen LogP contribution is -2.39. The summed E-state index contributed by atoms with van der Waals surface area (Å²) in [6.07, 6.45) is 40.4. The first kappa shape index (κ1) is 54.0. The van der Waals surface area contributed by atoms with Gasteiger partial charge >= 0.3 is 11.9 Å². The van der Waals surface area contributed by atoms with E-state index in [-0.39, 0.29) is 50.1 Å². The van der Waals surface area contributed by atoms with Crippen molar-refractivity contribution in [1.29, 1.82) is 0 Å². The molecule has 1 atom stereocenters. The Morgan fingerprint density at radius 1 is 0.571 bits per heavy atom. The maximum absolute atomic E-state index is 12.8. The van der Waals surface area contributed by atoms with Crippen molar-refractivity contribution in [1.82, 2.24) is 10.2 Å². The van der Waals surface area contributed by atoms with Gasteiger partial charge in [0.15, 0.2) is 6.10 Å². The molecular weight excluding hydrogens is 725 g/mol. The van der Waals surface area contributed by atoms with Crippen molar-refractivity contribution in [3.8, 4) is 0 Å². The molecule has 0 aromatic carbocycles. The SMILES string of the molecule is CCCCCCCCC=CCCCCCCCC(=O)OCC(CNC(=S)OCCN(CCO)CCO)OC(=O)CCCCCCCC=CCCCCCCCC. The van der Waals surface area contributed by atoms with Crippen LogP contribution in [0.2, 0.25) is 0 Å². The van der Waals surface area contributed by atoms with Gasteiger partial charge in [0, 0.05) is 32.5 Å². The number of ether oxygens (including phenoxy) is 3. The molecule has 0 heterocycles. The molecule has 0 aromatic heterocycles. The minimum absolute atomic E-state index is 0.0112. The summed E-state index contributed by atoms with van der Waals surface area (Å²) in [6, 6.07) is 0. The molecule has 0 radical (unpaired) electrons. The van der Waals surface area contributed by atoms with Crippen molar-refractivity contribution in [2.24, 2.45) is 0 Å². The third kappa shape index (κ3) is 40.2. The monoisotopic (exact) mass is 811 g/mol. The van der Waals surface area contributed by atoms with E-state index in [1.807, 2.05) is 4.90 Å². The number of unbranched alkanes of at least 4 members (excludes halogenated alkanes) is 22. The fraction of sp³-hybridized carbons (Fsp3) is 0.848. The van der Waals surface area contributed by atoms with Gasteiger partial charge in [-0.3, -0.25) is 14.5 Å². The minimum atomic E-state index is -0.689. The van der Waals surface area contributed by atoms with Crippen LogP contribution in [-0.4, -0.2) is 90.9 Å². The van der Waals surface area contributed by atoms with Crippen LogP contribution >= 0.6 is 12.2 Å². The van der Waals surface area contributed by atoms with Crippen molar-refractivity contribution in [3.63, 3.8) is 0 Å². The molecule has 0 aliphatic rings. The quantitative estimate of drug-likeness (QED) is 0.0238. The van der Waals surface area contributed by atoms with Crippen LogP contribution in [-0.2, 0) is 23.8 Å². The van der Waals surface area contributed by atoms with E-state index in [0.717, 1.165) is 57.8 Å². The normalized spacial score (nSPS) is 12.2. The summed E-state index contributed by atoms with van der Waals surface area (Å²) in [5, 5.41) is 21.6. The molecule has 56 heavy (non-hydrogen) atoms. The van der Waals surface area contributed by atoms with E-state index in [2.05, 4.69) is 43.5 Å². The average molecular weight is 811 g/mol. The van der Waals surface area contributed by atoms with Crippen LogP contribution in [0.4, 0.5) is 0 Å². The molecule has 0 aliphatic heterocycles. The van der Waals surface area contributed by atoms with E-state index in [4.69, 9.17) is 26.4 Å². The number of rotatable bonds is 42. The van der Waals surface area contributed by atoms with E-state index < -0.39 is 6.10 Å². The van der Waals surface area contributed by atoms with Crippen molar-refractivity contribution in [2.75, 3.05) is 52.6 Å². The Labute approximate surface area is 349 Å². The molecule has 3 N–H and O–H groups in total. The van der Waals surface area contributed by atoms with Crippen LogP contribution < -0.4 is 5.32 Å². The summed E-state index contributed by atoms with van der Waals surface area (Å²) in [4.78, 5) is 27.2. The molecule has 328 valence electrons. The highest BCUT2D eigenvalue weighted by molar-refractivity contribution is 7.80. The highest BCUT2D eigenvalue weighted by Crippen LogP contribution is 2.13. The molecule has 10 heteroatoms. The molecular formula is C46H86N2O7S. The van der Waals surface area contributed by atoms with Gasteiger partial charge in [-0.1, -0.05) is 141 Å². The lowest BCUT2D eigenvalue weighted by Gasteiger charge is -2.21. The zero-order valence-electron chi connectivity index (χ0n) is 36.1. The molecule has 0 rings (SSSR count). The molecule has 1 unspecified atom stereocenters. The van der Waals surface area contributed by atoms with Crippen LogP contribution in [0.25, 0.3) is 0 Å². The number of hydrogen-bond acceptors (Lipinski definition) is 9. The van der Waals surface area contributed by atoms with E-state index in [1.165, 1.54) is 109 Å². The number of aliphatic hydroxyl groups is 2. The Hall–Kier alpha value is -2.01. The second kappa shape index (κ2) is 44.1. The van der Waals surface area contributed by atoms with E-state index in [1.54, 1.807) is 0 Å².